The smallest absolute Gasteiger partial charge is 0.329 e. The number of carbonyl (C=O) groups excluding carboxylic acids is 5. The first kappa shape index (κ1) is 20.0. The predicted octanol–water partition coefficient (Wildman–Crippen LogP) is 1.81. The van der Waals surface area contributed by atoms with Crippen LogP contribution in [-0.2, 0) is 23.9 Å². The molecule has 8 nitrogen and oxygen atoms in total. The fraction of sp³-hybridized carbons (Fsp3) is 0.409. The van der Waals surface area contributed by atoms with Gasteiger partial charge in [-0.15, -0.1) is 0 Å². The van der Waals surface area contributed by atoms with Crippen LogP contribution >= 0.6 is 0 Å². The minimum absolute atomic E-state index is 0.134. The SMILES string of the molecule is C[C@@H]1C(=O)Nc2ccc(C(=O)COC(=O)[C@H](C)N3C(=O)[C@H]4CC=CC[C@@H]4C3=O)cc21. The van der Waals surface area contributed by atoms with Crippen LogP contribution in [0.25, 0.3) is 0 Å². The van der Waals surface area contributed by atoms with Crippen LogP contribution in [0.2, 0.25) is 0 Å². The van der Waals surface area contributed by atoms with E-state index in [1.54, 1.807) is 25.1 Å². The van der Waals surface area contributed by atoms with Crippen molar-refractivity contribution in [2.75, 3.05) is 11.9 Å². The van der Waals surface area contributed by atoms with E-state index in [0.29, 0.717) is 24.1 Å². The maximum absolute atomic E-state index is 12.6. The van der Waals surface area contributed by atoms with Crippen LogP contribution in [0.5, 0.6) is 0 Å². The molecule has 0 aromatic heterocycles. The van der Waals surface area contributed by atoms with E-state index in [1.807, 2.05) is 12.2 Å². The Balaban J connectivity index is 1.39. The third kappa shape index (κ3) is 3.22. The number of anilines is 1. The summed E-state index contributed by atoms with van der Waals surface area (Å²) >= 11 is 0. The van der Waals surface area contributed by atoms with Crippen molar-refractivity contribution >= 4 is 35.2 Å². The average Bonchev–Trinajstić information content (AvgIpc) is 3.18. The quantitative estimate of drug-likeness (QED) is 0.343. The van der Waals surface area contributed by atoms with Crippen molar-refractivity contribution < 1.29 is 28.7 Å². The van der Waals surface area contributed by atoms with Gasteiger partial charge in [-0.25, -0.2) is 4.79 Å². The van der Waals surface area contributed by atoms with E-state index in [-0.39, 0.29) is 23.6 Å². The number of fused-ring (bicyclic) bond motifs is 2. The molecule has 0 spiro atoms. The Bertz CT molecular complexity index is 971. The highest BCUT2D eigenvalue weighted by Crippen LogP contribution is 2.36. The summed E-state index contributed by atoms with van der Waals surface area (Å²) < 4.78 is 5.12. The van der Waals surface area contributed by atoms with Gasteiger partial charge >= 0.3 is 5.97 Å². The number of Topliss-reactive ketones (excluding diaryl/α,β-unsaturated/α-hetero) is 1. The molecule has 0 unspecified atom stereocenters. The lowest BCUT2D eigenvalue weighted by Crippen LogP contribution is -2.44. The lowest BCUT2D eigenvalue weighted by molar-refractivity contribution is -0.157. The number of nitrogens with one attached hydrogen (secondary N) is 1. The lowest BCUT2D eigenvalue weighted by atomic mass is 9.85. The first-order valence-electron chi connectivity index (χ1n) is 9.96. The summed E-state index contributed by atoms with van der Waals surface area (Å²) in [5, 5.41) is 2.73. The zero-order valence-electron chi connectivity index (χ0n) is 16.7. The number of likely N-dealkylation sites (tertiary alicyclic amines) is 1. The van der Waals surface area contributed by atoms with Gasteiger partial charge in [0.25, 0.3) is 0 Å². The second kappa shape index (κ2) is 7.51. The highest BCUT2D eigenvalue weighted by atomic mass is 16.5. The van der Waals surface area contributed by atoms with Crippen LogP contribution in [-0.4, -0.2) is 47.0 Å². The van der Waals surface area contributed by atoms with E-state index in [2.05, 4.69) is 5.32 Å². The summed E-state index contributed by atoms with van der Waals surface area (Å²) in [5.74, 6) is -3.31. The van der Waals surface area contributed by atoms with Crippen LogP contribution in [0, 0.1) is 11.8 Å². The molecular weight excluding hydrogens is 388 g/mol. The average molecular weight is 410 g/mol. The highest BCUT2D eigenvalue weighted by molar-refractivity contribution is 6.08. The van der Waals surface area contributed by atoms with Gasteiger partial charge in [-0.05, 0) is 50.5 Å². The van der Waals surface area contributed by atoms with Gasteiger partial charge in [-0.3, -0.25) is 24.1 Å². The normalized spacial score (nSPS) is 25.6. The Labute approximate surface area is 173 Å². The van der Waals surface area contributed by atoms with Crippen LogP contribution in [0.3, 0.4) is 0 Å². The van der Waals surface area contributed by atoms with Gasteiger partial charge in [-0.1, -0.05) is 12.2 Å². The van der Waals surface area contributed by atoms with Crippen LogP contribution in [0.15, 0.2) is 30.4 Å². The molecule has 3 aliphatic rings. The number of hydrogen-bond donors (Lipinski definition) is 1. The van der Waals surface area contributed by atoms with Crippen molar-refractivity contribution in [1.82, 2.24) is 4.90 Å². The summed E-state index contributed by atoms with van der Waals surface area (Å²) in [4.78, 5) is 62.8. The minimum atomic E-state index is -1.09. The van der Waals surface area contributed by atoms with Crippen LogP contribution in [0.1, 0.15) is 48.5 Å². The van der Waals surface area contributed by atoms with Gasteiger partial charge in [0, 0.05) is 11.3 Å². The second-order valence-electron chi connectivity index (χ2n) is 7.92. The van der Waals surface area contributed by atoms with Crippen molar-refractivity contribution in [3.8, 4) is 0 Å². The molecule has 3 amide bonds. The number of allylic oxidation sites excluding steroid dienone is 2. The molecule has 0 saturated carbocycles. The van der Waals surface area contributed by atoms with Gasteiger partial charge in [0.2, 0.25) is 17.7 Å². The number of amides is 3. The van der Waals surface area contributed by atoms with Crippen LogP contribution in [0.4, 0.5) is 5.69 Å². The number of nitrogens with zero attached hydrogens (tertiary/aromatic N) is 1. The number of carbonyl (C=O) groups is 5. The number of esters is 1. The van der Waals surface area contributed by atoms with E-state index in [0.717, 1.165) is 10.5 Å². The summed E-state index contributed by atoms with van der Waals surface area (Å²) in [6.45, 7) is 2.67. The zero-order valence-corrected chi connectivity index (χ0v) is 16.7. The maximum atomic E-state index is 12.6. The van der Waals surface area contributed by atoms with Crippen LogP contribution < -0.4 is 5.32 Å². The standard InChI is InChI=1S/C22H22N2O6/c1-11-16-9-13(7-8-17(16)23-19(11)26)18(25)10-30-22(29)12(2)24-20(27)14-5-3-4-6-15(14)21(24)28/h3-4,7-9,11-12,14-15H,5-6,10H2,1-2H3,(H,23,26)/t11-,12-,14-,15-/m0/s1. The number of imide groups is 1. The second-order valence-corrected chi connectivity index (χ2v) is 7.92. The number of benzene rings is 1. The Morgan fingerprint density at radius 3 is 2.40 bits per heavy atom. The third-order valence-electron chi connectivity index (χ3n) is 6.11. The van der Waals surface area contributed by atoms with Crippen molar-refractivity contribution in [2.24, 2.45) is 11.8 Å². The van der Waals surface area contributed by atoms with E-state index in [1.165, 1.54) is 6.92 Å². The van der Waals surface area contributed by atoms with E-state index in [9.17, 15) is 24.0 Å². The maximum Gasteiger partial charge on any atom is 0.329 e. The molecule has 0 radical (unpaired) electrons. The lowest BCUT2D eigenvalue weighted by Gasteiger charge is -2.21. The molecule has 2 heterocycles. The molecule has 4 rings (SSSR count). The Kier molecular flexibility index (Phi) is 5.01. The van der Waals surface area contributed by atoms with E-state index >= 15 is 0 Å². The molecule has 1 N–H and O–H groups in total. The molecule has 0 bridgehead atoms. The van der Waals surface area contributed by atoms with Crippen molar-refractivity contribution in [3.63, 3.8) is 0 Å². The number of ether oxygens (including phenoxy) is 1. The topological polar surface area (TPSA) is 110 Å². The molecule has 1 fully saturated rings. The Morgan fingerprint density at radius 1 is 1.13 bits per heavy atom. The predicted molar refractivity (Wildman–Crippen MR) is 105 cm³/mol. The Hall–Kier alpha value is -3.29. The van der Waals surface area contributed by atoms with Gasteiger partial charge in [0.15, 0.2) is 12.4 Å². The molecule has 30 heavy (non-hydrogen) atoms. The van der Waals surface area contributed by atoms with E-state index in [4.69, 9.17) is 4.74 Å². The molecule has 2 aliphatic heterocycles. The fourth-order valence-electron chi connectivity index (χ4n) is 4.24. The zero-order chi connectivity index (χ0) is 21.6. The van der Waals surface area contributed by atoms with E-state index < -0.39 is 36.2 Å². The first-order chi connectivity index (χ1) is 14.3. The molecule has 8 heteroatoms. The third-order valence-corrected chi connectivity index (χ3v) is 6.11. The van der Waals surface area contributed by atoms with Gasteiger partial charge in [0.05, 0.1) is 17.8 Å². The number of ketones is 1. The Morgan fingerprint density at radius 2 is 1.77 bits per heavy atom. The largest absolute Gasteiger partial charge is 0.456 e. The number of hydrogen-bond acceptors (Lipinski definition) is 6. The summed E-state index contributed by atoms with van der Waals surface area (Å²) in [7, 11) is 0. The molecule has 1 saturated heterocycles. The summed E-state index contributed by atoms with van der Waals surface area (Å²) in [5.41, 5.74) is 1.70. The molecule has 1 aromatic rings. The molecule has 1 aliphatic carbocycles. The molecule has 4 atom stereocenters. The van der Waals surface area contributed by atoms with Crippen molar-refractivity contribution in [1.29, 1.82) is 0 Å². The van der Waals surface area contributed by atoms with Crippen molar-refractivity contribution in [2.45, 2.75) is 38.6 Å². The molecule has 1 aromatic carbocycles. The molecule has 156 valence electrons. The first-order valence-corrected chi connectivity index (χ1v) is 9.96. The molecular formula is C22H22N2O6. The highest BCUT2D eigenvalue weighted by Gasteiger charge is 2.50. The fourth-order valence-corrected chi connectivity index (χ4v) is 4.24. The van der Waals surface area contributed by atoms with Gasteiger partial charge in [-0.2, -0.15) is 0 Å². The number of rotatable bonds is 5. The summed E-state index contributed by atoms with van der Waals surface area (Å²) in [6.07, 6.45) is 4.72. The van der Waals surface area contributed by atoms with Gasteiger partial charge in [0.1, 0.15) is 6.04 Å². The summed E-state index contributed by atoms with van der Waals surface area (Å²) in [6, 6.07) is 3.72. The van der Waals surface area contributed by atoms with Crippen molar-refractivity contribution in [3.05, 3.63) is 41.5 Å². The van der Waals surface area contributed by atoms with Gasteiger partial charge < -0.3 is 10.1 Å². The minimum Gasteiger partial charge on any atom is -0.456 e. The monoisotopic (exact) mass is 410 g/mol.